The first-order valence-corrected chi connectivity index (χ1v) is 4.41. The van der Waals surface area contributed by atoms with Crippen LogP contribution < -0.4 is 5.73 Å². The number of hydrogen-bond acceptors (Lipinski definition) is 2. The van der Waals surface area contributed by atoms with Crippen LogP contribution in [0.1, 0.15) is 23.6 Å². The average molecular weight is 232 g/mol. The number of benzene rings is 1. The number of phenolic OH excluding ortho intramolecular Hbond substituents is 1. The van der Waals surface area contributed by atoms with Crippen molar-refractivity contribution in [2.75, 3.05) is 0 Å². The van der Waals surface area contributed by atoms with Crippen LogP contribution in [0.15, 0.2) is 24.8 Å². The maximum atomic E-state index is 13.1. The summed E-state index contributed by atoms with van der Waals surface area (Å²) in [6.07, 6.45) is 2.15. The maximum absolute atomic E-state index is 13.1. The van der Waals surface area contributed by atoms with Crippen LogP contribution in [0, 0.1) is 12.7 Å². The Kier molecular flexibility index (Phi) is 5.33. The first-order chi connectivity index (χ1) is 6.56. The predicted octanol–water partition coefficient (Wildman–Crippen LogP) is 2.84. The minimum atomic E-state index is -0.625. The van der Waals surface area contributed by atoms with Crippen LogP contribution in [-0.2, 0) is 0 Å². The lowest BCUT2D eigenvalue weighted by atomic mass is 10.0. The number of aryl methyl sites for hydroxylation is 1. The molecule has 0 bridgehead atoms. The fourth-order valence-corrected chi connectivity index (χ4v) is 1.35. The second-order valence-corrected chi connectivity index (χ2v) is 3.32. The molecule has 84 valence electrons. The van der Waals surface area contributed by atoms with Gasteiger partial charge in [-0.15, -0.1) is 19.0 Å². The van der Waals surface area contributed by atoms with Gasteiger partial charge in [0.15, 0.2) is 11.6 Å². The fourth-order valence-electron chi connectivity index (χ4n) is 1.35. The molecule has 0 spiro atoms. The van der Waals surface area contributed by atoms with Crippen LogP contribution in [0.4, 0.5) is 4.39 Å². The fraction of sp³-hybridized carbons (Fsp3) is 0.273. The van der Waals surface area contributed by atoms with Gasteiger partial charge in [-0.05, 0) is 25.0 Å². The zero-order valence-electron chi connectivity index (χ0n) is 8.53. The standard InChI is InChI=1S/C11H14FNO.ClH/c1-3-4-10(13)8-5-7(2)6-9(12)11(8)14;/h3,5-6,10,14H,1,4,13H2,2H3;1H/t10-;/m0./s1. The van der Waals surface area contributed by atoms with Gasteiger partial charge in [-0.3, -0.25) is 0 Å². The summed E-state index contributed by atoms with van der Waals surface area (Å²) in [7, 11) is 0. The van der Waals surface area contributed by atoms with Crippen molar-refractivity contribution < 1.29 is 9.50 Å². The Labute approximate surface area is 95.0 Å². The number of rotatable bonds is 3. The molecule has 1 aromatic rings. The third-order valence-corrected chi connectivity index (χ3v) is 2.06. The Balaban J connectivity index is 0.00000196. The largest absolute Gasteiger partial charge is 0.505 e. The van der Waals surface area contributed by atoms with Gasteiger partial charge in [0.05, 0.1) is 0 Å². The quantitative estimate of drug-likeness (QED) is 0.786. The molecular weight excluding hydrogens is 217 g/mol. The van der Waals surface area contributed by atoms with Crippen molar-refractivity contribution in [3.63, 3.8) is 0 Å². The number of halogens is 2. The minimum Gasteiger partial charge on any atom is -0.505 e. The first kappa shape index (κ1) is 13.9. The normalized spacial score (nSPS) is 11.7. The summed E-state index contributed by atoms with van der Waals surface area (Å²) in [4.78, 5) is 0. The van der Waals surface area contributed by atoms with Crippen LogP contribution in [-0.4, -0.2) is 5.11 Å². The van der Waals surface area contributed by atoms with E-state index in [1.807, 2.05) is 0 Å². The Morgan fingerprint density at radius 2 is 2.20 bits per heavy atom. The van der Waals surface area contributed by atoms with Crippen molar-refractivity contribution in [3.05, 3.63) is 41.7 Å². The molecule has 0 saturated carbocycles. The smallest absolute Gasteiger partial charge is 0.165 e. The molecule has 0 unspecified atom stereocenters. The van der Waals surface area contributed by atoms with Crippen LogP contribution in [0.3, 0.4) is 0 Å². The highest BCUT2D eigenvalue weighted by atomic mass is 35.5. The molecule has 0 aliphatic rings. The minimum absolute atomic E-state index is 0. The van der Waals surface area contributed by atoms with E-state index in [4.69, 9.17) is 5.73 Å². The highest BCUT2D eigenvalue weighted by Gasteiger charge is 2.13. The molecule has 0 aliphatic carbocycles. The van der Waals surface area contributed by atoms with Crippen LogP contribution in [0.5, 0.6) is 5.75 Å². The topological polar surface area (TPSA) is 46.2 Å². The predicted molar refractivity (Wildman–Crippen MR) is 61.8 cm³/mol. The highest BCUT2D eigenvalue weighted by Crippen LogP contribution is 2.28. The number of phenols is 1. The van der Waals surface area contributed by atoms with Gasteiger partial charge in [0.1, 0.15) is 0 Å². The van der Waals surface area contributed by atoms with Gasteiger partial charge < -0.3 is 10.8 Å². The van der Waals surface area contributed by atoms with E-state index in [0.29, 0.717) is 12.0 Å². The van der Waals surface area contributed by atoms with Gasteiger partial charge in [-0.1, -0.05) is 12.1 Å². The monoisotopic (exact) mass is 231 g/mol. The molecular formula is C11H15ClFNO. The summed E-state index contributed by atoms with van der Waals surface area (Å²) in [5.74, 6) is -0.982. The zero-order chi connectivity index (χ0) is 10.7. The SMILES string of the molecule is C=CC[C@H](N)c1cc(C)cc(F)c1O.Cl. The molecule has 1 aromatic carbocycles. The third-order valence-electron chi connectivity index (χ3n) is 2.06. The number of hydrogen-bond donors (Lipinski definition) is 2. The second-order valence-electron chi connectivity index (χ2n) is 3.32. The van der Waals surface area contributed by atoms with Crippen molar-refractivity contribution >= 4 is 12.4 Å². The van der Waals surface area contributed by atoms with E-state index >= 15 is 0 Å². The van der Waals surface area contributed by atoms with Crippen LogP contribution in [0.2, 0.25) is 0 Å². The van der Waals surface area contributed by atoms with Crippen molar-refractivity contribution in [1.29, 1.82) is 0 Å². The molecule has 0 aromatic heterocycles. The molecule has 4 heteroatoms. The Morgan fingerprint density at radius 3 is 2.73 bits per heavy atom. The van der Waals surface area contributed by atoms with Gasteiger partial charge >= 0.3 is 0 Å². The molecule has 0 heterocycles. The molecule has 0 radical (unpaired) electrons. The molecule has 0 saturated heterocycles. The summed E-state index contributed by atoms with van der Waals surface area (Å²) in [5, 5.41) is 9.43. The Bertz CT molecular complexity index is 355. The lowest BCUT2D eigenvalue weighted by molar-refractivity contribution is 0.420. The highest BCUT2D eigenvalue weighted by molar-refractivity contribution is 5.85. The van der Waals surface area contributed by atoms with Gasteiger partial charge in [-0.25, -0.2) is 4.39 Å². The van der Waals surface area contributed by atoms with Crippen LogP contribution in [0.25, 0.3) is 0 Å². The zero-order valence-corrected chi connectivity index (χ0v) is 9.35. The number of nitrogens with two attached hydrogens (primary N) is 1. The van der Waals surface area contributed by atoms with E-state index in [0.717, 1.165) is 5.56 Å². The van der Waals surface area contributed by atoms with E-state index in [9.17, 15) is 9.50 Å². The van der Waals surface area contributed by atoms with Gasteiger partial charge in [0.2, 0.25) is 0 Å². The summed E-state index contributed by atoms with van der Waals surface area (Å²) >= 11 is 0. The molecule has 1 atom stereocenters. The van der Waals surface area contributed by atoms with Crippen molar-refractivity contribution in [3.8, 4) is 5.75 Å². The third kappa shape index (κ3) is 3.22. The van der Waals surface area contributed by atoms with Gasteiger partial charge in [0.25, 0.3) is 0 Å². The summed E-state index contributed by atoms with van der Waals surface area (Å²) in [6, 6.07) is 2.56. The van der Waals surface area contributed by atoms with E-state index in [-0.39, 0.29) is 18.2 Å². The molecule has 0 aliphatic heterocycles. The lowest BCUT2D eigenvalue weighted by Crippen LogP contribution is -2.10. The van der Waals surface area contributed by atoms with Crippen LogP contribution >= 0.6 is 12.4 Å². The molecule has 0 fully saturated rings. The summed E-state index contributed by atoms with van der Waals surface area (Å²) in [6.45, 7) is 5.30. The molecule has 1 rings (SSSR count). The van der Waals surface area contributed by atoms with Gasteiger partial charge in [0, 0.05) is 11.6 Å². The lowest BCUT2D eigenvalue weighted by Gasteiger charge is -2.12. The van der Waals surface area contributed by atoms with Crippen molar-refractivity contribution in [1.82, 2.24) is 0 Å². The molecule has 15 heavy (non-hydrogen) atoms. The van der Waals surface area contributed by atoms with Crippen molar-refractivity contribution in [2.45, 2.75) is 19.4 Å². The van der Waals surface area contributed by atoms with Gasteiger partial charge in [-0.2, -0.15) is 0 Å². The van der Waals surface area contributed by atoms with E-state index in [1.165, 1.54) is 6.07 Å². The molecule has 0 amide bonds. The Hall–Kier alpha value is -1.06. The summed E-state index contributed by atoms with van der Waals surface area (Å²) < 4.78 is 13.1. The van der Waals surface area contributed by atoms with E-state index < -0.39 is 11.9 Å². The maximum Gasteiger partial charge on any atom is 0.165 e. The molecule has 3 N–H and O–H groups in total. The number of aromatic hydroxyl groups is 1. The Morgan fingerprint density at radius 1 is 1.60 bits per heavy atom. The molecule has 2 nitrogen and oxygen atoms in total. The van der Waals surface area contributed by atoms with E-state index in [2.05, 4.69) is 6.58 Å². The average Bonchev–Trinajstić information content (AvgIpc) is 2.11. The van der Waals surface area contributed by atoms with E-state index in [1.54, 1.807) is 19.1 Å². The second kappa shape index (κ2) is 5.73. The van der Waals surface area contributed by atoms with Crippen molar-refractivity contribution in [2.24, 2.45) is 5.73 Å². The first-order valence-electron chi connectivity index (χ1n) is 4.41. The summed E-state index contributed by atoms with van der Waals surface area (Å²) in [5.41, 5.74) is 6.92.